The molecule has 0 fully saturated rings. The third-order valence-electron chi connectivity index (χ3n) is 5.69. The summed E-state index contributed by atoms with van der Waals surface area (Å²) >= 11 is 7.47. The van der Waals surface area contributed by atoms with Gasteiger partial charge in [-0.2, -0.15) is 4.39 Å². The topological polar surface area (TPSA) is 91.6 Å². The first-order valence-corrected chi connectivity index (χ1v) is 13.1. The molecule has 198 valence electrons. The van der Waals surface area contributed by atoms with Gasteiger partial charge < -0.3 is 9.47 Å². The van der Waals surface area contributed by atoms with Gasteiger partial charge in [-0.3, -0.25) is 10.1 Å². The molecule has 0 amide bonds. The highest BCUT2D eigenvalue weighted by Crippen LogP contribution is 2.44. The lowest BCUT2D eigenvalue weighted by Crippen LogP contribution is -2.29. The predicted octanol–water partition coefficient (Wildman–Crippen LogP) is 8.06. The van der Waals surface area contributed by atoms with Crippen LogP contribution in [0.2, 0.25) is 5.02 Å². The Hall–Kier alpha value is -3.40. The molecule has 1 aromatic heterocycles. The highest BCUT2D eigenvalue weighted by atomic mass is 35.5. The largest absolute Gasteiger partial charge is 0.464 e. The second-order valence-corrected chi connectivity index (χ2v) is 11.1. The van der Waals surface area contributed by atoms with Crippen LogP contribution in [0.5, 0.6) is 0 Å². The van der Waals surface area contributed by atoms with Gasteiger partial charge in [0.25, 0.3) is 0 Å². The molecule has 38 heavy (non-hydrogen) atoms. The Morgan fingerprint density at radius 3 is 2.39 bits per heavy atom. The minimum Gasteiger partial charge on any atom is -0.464 e. The molecule has 1 atom stereocenters. The number of aromatic nitrogens is 1. The summed E-state index contributed by atoms with van der Waals surface area (Å²) in [5.74, 6) is -1.45. The maximum atomic E-state index is 14.4. The number of ether oxygens (including phenoxy) is 2. The number of fused-ring (bicyclic) bond motifs is 1. The summed E-state index contributed by atoms with van der Waals surface area (Å²) < 4.78 is 26.8. The van der Waals surface area contributed by atoms with E-state index in [0.717, 1.165) is 33.5 Å². The van der Waals surface area contributed by atoms with Crippen molar-refractivity contribution in [3.8, 4) is 21.7 Å². The lowest BCUT2D eigenvalue weighted by Gasteiger charge is -2.29. The van der Waals surface area contributed by atoms with Gasteiger partial charge in [0.05, 0.1) is 27.3 Å². The lowest BCUT2D eigenvalue weighted by molar-refractivity contribution is -0.387. The van der Waals surface area contributed by atoms with E-state index in [9.17, 15) is 19.3 Å². The number of nitrogens with zero attached hydrogens (tertiary/aromatic N) is 2. The van der Waals surface area contributed by atoms with Crippen LogP contribution >= 0.6 is 22.9 Å². The highest BCUT2D eigenvalue weighted by molar-refractivity contribution is 7.22. The third-order valence-corrected chi connectivity index (χ3v) is 7.08. The summed E-state index contributed by atoms with van der Waals surface area (Å²) in [5.41, 5.74) is 2.68. The minimum atomic E-state index is -1.02. The first-order valence-electron chi connectivity index (χ1n) is 11.9. The van der Waals surface area contributed by atoms with Crippen molar-refractivity contribution in [2.45, 2.75) is 46.3 Å². The highest BCUT2D eigenvalue weighted by Gasteiger charge is 2.33. The summed E-state index contributed by atoms with van der Waals surface area (Å²) in [5, 5.41) is 12.1. The zero-order chi connectivity index (χ0) is 27.8. The van der Waals surface area contributed by atoms with Crippen LogP contribution in [0.4, 0.5) is 10.1 Å². The van der Waals surface area contributed by atoms with E-state index in [0.29, 0.717) is 26.7 Å². The van der Waals surface area contributed by atoms with Gasteiger partial charge in [-0.1, -0.05) is 23.7 Å². The van der Waals surface area contributed by atoms with Gasteiger partial charge in [-0.15, -0.1) is 11.3 Å². The molecule has 0 aliphatic rings. The number of rotatable bonds is 7. The summed E-state index contributed by atoms with van der Waals surface area (Å²) in [6.45, 7) is 9.39. The molecule has 0 unspecified atom stereocenters. The van der Waals surface area contributed by atoms with Gasteiger partial charge in [-0.25, -0.2) is 9.78 Å². The second kappa shape index (κ2) is 10.8. The molecule has 3 aromatic carbocycles. The number of carbonyl (C=O) groups is 1. The number of benzene rings is 3. The van der Waals surface area contributed by atoms with E-state index in [1.807, 2.05) is 45.9 Å². The molecule has 0 spiro atoms. The van der Waals surface area contributed by atoms with E-state index in [1.54, 1.807) is 19.1 Å². The molecule has 4 rings (SSSR count). The van der Waals surface area contributed by atoms with E-state index in [2.05, 4.69) is 0 Å². The number of halogens is 2. The summed E-state index contributed by atoms with van der Waals surface area (Å²) in [4.78, 5) is 28.2. The smallest absolute Gasteiger partial charge is 0.339 e. The van der Waals surface area contributed by atoms with Crippen molar-refractivity contribution in [1.82, 2.24) is 4.98 Å². The third kappa shape index (κ3) is 5.70. The Kier molecular flexibility index (Phi) is 7.83. The number of esters is 1. The number of carbonyl (C=O) groups excluding carboxylic acids is 1. The molecule has 4 aromatic rings. The van der Waals surface area contributed by atoms with Crippen LogP contribution in [-0.2, 0) is 14.3 Å². The number of aryl methyl sites for hydroxylation is 1. The maximum Gasteiger partial charge on any atom is 0.339 e. The van der Waals surface area contributed by atoms with Crippen LogP contribution in [0, 0.1) is 22.9 Å². The number of nitro groups is 1. The van der Waals surface area contributed by atoms with E-state index in [-0.39, 0.29) is 6.61 Å². The Balaban J connectivity index is 2.01. The standard InChI is InChI=1S/C28H26ClFN2O5S/c1-6-36-27(33)24(37-28(3,4)5)22-15(2)13-20-25(23(22)16-7-10-18(29)11-8-16)38-26(31-20)17-9-12-21(32(34)35)19(30)14-17/h7-14,24H,6H2,1-5H3/t24-/m0/s1. The Labute approximate surface area is 228 Å². The molecule has 1 heterocycles. The van der Waals surface area contributed by atoms with Crippen molar-refractivity contribution in [3.63, 3.8) is 0 Å². The normalized spacial score (nSPS) is 12.5. The lowest BCUT2D eigenvalue weighted by atomic mass is 9.91. The molecule has 0 saturated heterocycles. The Bertz CT molecular complexity index is 1530. The van der Waals surface area contributed by atoms with Gasteiger partial charge in [0, 0.05) is 27.8 Å². The molecule has 0 aliphatic heterocycles. The van der Waals surface area contributed by atoms with Crippen molar-refractivity contribution in [2.75, 3.05) is 6.61 Å². The molecule has 0 aliphatic carbocycles. The van der Waals surface area contributed by atoms with Gasteiger partial charge in [0.2, 0.25) is 5.82 Å². The van der Waals surface area contributed by atoms with Crippen LogP contribution < -0.4 is 0 Å². The Morgan fingerprint density at radius 2 is 1.82 bits per heavy atom. The van der Waals surface area contributed by atoms with Crippen molar-refractivity contribution in [2.24, 2.45) is 0 Å². The average molecular weight is 557 g/mol. The van der Waals surface area contributed by atoms with Gasteiger partial charge in [0.1, 0.15) is 5.01 Å². The van der Waals surface area contributed by atoms with E-state index in [4.69, 9.17) is 26.1 Å². The second-order valence-electron chi connectivity index (χ2n) is 9.64. The fourth-order valence-corrected chi connectivity index (χ4v) is 5.41. The number of hydrogen-bond acceptors (Lipinski definition) is 7. The summed E-state index contributed by atoms with van der Waals surface area (Å²) in [6, 6.07) is 12.8. The van der Waals surface area contributed by atoms with Crippen LogP contribution in [0.3, 0.4) is 0 Å². The molecule has 0 N–H and O–H groups in total. The van der Waals surface area contributed by atoms with Gasteiger partial charge in [0.15, 0.2) is 6.10 Å². The number of thiazole rings is 1. The maximum absolute atomic E-state index is 14.4. The van der Waals surface area contributed by atoms with Gasteiger partial charge in [-0.05, 0) is 76.1 Å². The molecule has 0 bridgehead atoms. The van der Waals surface area contributed by atoms with Crippen molar-refractivity contribution >= 4 is 44.8 Å². The summed E-state index contributed by atoms with van der Waals surface area (Å²) in [7, 11) is 0. The zero-order valence-electron chi connectivity index (χ0n) is 21.5. The molecular formula is C28H26ClFN2O5S. The first-order chi connectivity index (χ1) is 17.9. The Morgan fingerprint density at radius 1 is 1.16 bits per heavy atom. The van der Waals surface area contributed by atoms with Crippen molar-refractivity contribution < 1.29 is 23.6 Å². The quantitative estimate of drug-likeness (QED) is 0.130. The molecule has 0 saturated carbocycles. The SMILES string of the molecule is CCOC(=O)[C@@H](OC(C)(C)C)c1c(C)cc2nc(-c3ccc([N+](=O)[O-])c(F)c3)sc2c1-c1ccc(Cl)cc1. The van der Waals surface area contributed by atoms with Gasteiger partial charge >= 0.3 is 11.7 Å². The molecule has 0 radical (unpaired) electrons. The zero-order valence-corrected chi connectivity index (χ0v) is 23.1. The van der Waals surface area contributed by atoms with E-state index < -0.39 is 34.1 Å². The number of nitro benzene ring substituents is 1. The van der Waals surface area contributed by atoms with E-state index >= 15 is 0 Å². The molecule has 7 nitrogen and oxygen atoms in total. The van der Waals surface area contributed by atoms with E-state index in [1.165, 1.54) is 17.4 Å². The van der Waals surface area contributed by atoms with Crippen molar-refractivity contribution in [1.29, 1.82) is 0 Å². The van der Waals surface area contributed by atoms with Crippen LogP contribution in [0.1, 0.15) is 44.9 Å². The predicted molar refractivity (Wildman–Crippen MR) is 147 cm³/mol. The van der Waals surface area contributed by atoms with Crippen molar-refractivity contribution in [3.05, 3.63) is 80.6 Å². The van der Waals surface area contributed by atoms with Crippen LogP contribution in [-0.4, -0.2) is 28.1 Å². The minimum absolute atomic E-state index is 0.191. The average Bonchev–Trinajstić information content (AvgIpc) is 3.25. The molecular weight excluding hydrogens is 531 g/mol. The fraction of sp³-hybridized carbons (Fsp3) is 0.286. The van der Waals surface area contributed by atoms with Crippen LogP contribution in [0.25, 0.3) is 31.9 Å². The first kappa shape index (κ1) is 27.6. The fourth-order valence-electron chi connectivity index (χ4n) is 4.16. The monoisotopic (exact) mass is 556 g/mol. The molecule has 10 heteroatoms. The summed E-state index contributed by atoms with van der Waals surface area (Å²) in [6.07, 6.45) is -1.02. The van der Waals surface area contributed by atoms with Crippen LogP contribution in [0.15, 0.2) is 48.5 Å². The number of hydrogen-bond donors (Lipinski definition) is 0.